The van der Waals surface area contributed by atoms with Gasteiger partial charge in [-0.2, -0.15) is 0 Å². The number of hydrogen-bond acceptors (Lipinski definition) is 5. The predicted octanol–water partition coefficient (Wildman–Crippen LogP) is 6.73. The van der Waals surface area contributed by atoms with Gasteiger partial charge in [-0.1, -0.05) is 47.6 Å². The van der Waals surface area contributed by atoms with Crippen LogP contribution < -0.4 is 10.6 Å². The molecule has 0 atom stereocenters. The molecule has 41 heavy (non-hydrogen) atoms. The van der Waals surface area contributed by atoms with Gasteiger partial charge in [-0.05, 0) is 101 Å². The zero-order valence-corrected chi connectivity index (χ0v) is 25.6. The lowest BCUT2D eigenvalue weighted by molar-refractivity contribution is 0.0950. The van der Waals surface area contributed by atoms with E-state index in [-0.39, 0.29) is 36.5 Å². The molecule has 0 bridgehead atoms. The van der Waals surface area contributed by atoms with Crippen molar-refractivity contribution in [3.63, 3.8) is 0 Å². The minimum atomic E-state index is -0.291. The fourth-order valence-corrected chi connectivity index (χ4v) is 5.11. The predicted molar refractivity (Wildman–Crippen MR) is 169 cm³/mol. The number of aromatic nitrogens is 1. The molecule has 0 aliphatic carbocycles. The first-order valence-corrected chi connectivity index (χ1v) is 13.7. The van der Waals surface area contributed by atoms with Gasteiger partial charge in [-0.25, -0.2) is 4.39 Å². The number of benzene rings is 3. The number of carbonyl (C=O) groups excluding carboxylic acids is 1. The summed E-state index contributed by atoms with van der Waals surface area (Å²) in [6.45, 7) is 5.53. The molecule has 1 amide bonds. The number of aryl methyl sites for hydroxylation is 2. The molecule has 4 aromatic rings. The minimum Gasteiger partial charge on any atom is -0.356 e. The summed E-state index contributed by atoms with van der Waals surface area (Å²) < 4.78 is 18.8. The Labute approximate surface area is 254 Å². The maximum absolute atomic E-state index is 13.1. The molecule has 0 spiro atoms. The topological polar surface area (TPSA) is 70.4 Å². The molecule has 1 aromatic heterocycles. The number of likely N-dealkylation sites (tertiary alicyclic amines) is 1. The van der Waals surface area contributed by atoms with E-state index in [4.69, 9.17) is 4.52 Å². The van der Waals surface area contributed by atoms with Crippen LogP contribution in [0.4, 0.5) is 4.39 Å². The fraction of sp³-hybridized carbons (Fsp3) is 0.375. The van der Waals surface area contributed by atoms with Gasteiger partial charge in [0.05, 0.1) is 5.69 Å². The van der Waals surface area contributed by atoms with Crippen molar-refractivity contribution in [3.8, 4) is 0 Å². The van der Waals surface area contributed by atoms with Gasteiger partial charge in [0, 0.05) is 29.6 Å². The molecule has 9 heteroatoms. The Kier molecular flexibility index (Phi) is 14.3. The Morgan fingerprint density at radius 1 is 0.976 bits per heavy atom. The number of amides is 1. The zero-order chi connectivity index (χ0) is 27.6. The summed E-state index contributed by atoms with van der Waals surface area (Å²) in [6, 6.07) is 20.6. The van der Waals surface area contributed by atoms with Crippen LogP contribution in [0.3, 0.4) is 0 Å². The third kappa shape index (κ3) is 9.54. The smallest absolute Gasteiger partial charge is 0.251 e. The van der Waals surface area contributed by atoms with Crippen LogP contribution in [0.15, 0.2) is 71.3 Å². The van der Waals surface area contributed by atoms with Crippen LogP contribution in [0.1, 0.15) is 52.0 Å². The summed E-state index contributed by atoms with van der Waals surface area (Å²) in [4.78, 5) is 15.3. The summed E-state index contributed by atoms with van der Waals surface area (Å²) in [5.41, 5.74) is 5.23. The van der Waals surface area contributed by atoms with Crippen molar-refractivity contribution in [1.29, 1.82) is 0 Å². The van der Waals surface area contributed by atoms with Gasteiger partial charge in [0.2, 0.25) is 0 Å². The summed E-state index contributed by atoms with van der Waals surface area (Å²) >= 11 is 0. The van der Waals surface area contributed by atoms with E-state index in [0.717, 1.165) is 54.7 Å². The molecule has 2 heterocycles. The molecule has 2 N–H and O–H groups in total. The second-order valence-corrected chi connectivity index (χ2v) is 10.3. The quantitative estimate of drug-likeness (QED) is 0.234. The van der Waals surface area contributed by atoms with Gasteiger partial charge in [0.15, 0.2) is 5.58 Å². The molecule has 222 valence electrons. The van der Waals surface area contributed by atoms with Crippen LogP contribution >= 0.6 is 24.8 Å². The van der Waals surface area contributed by atoms with E-state index in [1.165, 1.54) is 30.5 Å². The lowest BCUT2D eigenvalue weighted by Gasteiger charge is -2.31. The van der Waals surface area contributed by atoms with Gasteiger partial charge >= 0.3 is 0 Å². The highest BCUT2D eigenvalue weighted by Crippen LogP contribution is 2.28. The number of fused-ring (bicyclic) bond motifs is 1. The highest BCUT2D eigenvalue weighted by molar-refractivity contribution is 6.00. The Bertz CT molecular complexity index is 1340. The van der Waals surface area contributed by atoms with Crippen molar-refractivity contribution in [2.45, 2.75) is 45.7 Å². The van der Waals surface area contributed by atoms with Crippen molar-refractivity contribution < 1.29 is 13.7 Å². The molecular weight excluding hydrogens is 562 g/mol. The van der Waals surface area contributed by atoms with Crippen molar-refractivity contribution in [2.24, 2.45) is 5.92 Å². The van der Waals surface area contributed by atoms with E-state index in [1.54, 1.807) is 12.1 Å². The van der Waals surface area contributed by atoms with Gasteiger partial charge in [0.25, 0.3) is 5.91 Å². The Morgan fingerprint density at radius 3 is 2.29 bits per heavy atom. The van der Waals surface area contributed by atoms with Crippen LogP contribution in [0, 0.1) is 18.7 Å². The van der Waals surface area contributed by atoms with Gasteiger partial charge in [-0.15, -0.1) is 24.8 Å². The molecule has 0 unspecified atom stereocenters. The monoisotopic (exact) mass is 602 g/mol. The number of piperidine rings is 1. The number of hydrogen-bond donors (Lipinski definition) is 2. The average Bonchev–Trinajstić information content (AvgIpc) is 3.37. The summed E-state index contributed by atoms with van der Waals surface area (Å²) in [7, 11) is 3.75. The number of nitrogens with one attached hydrogen (secondary N) is 2. The van der Waals surface area contributed by atoms with E-state index in [2.05, 4.69) is 51.0 Å². The number of carbonyl (C=O) groups is 1. The Morgan fingerprint density at radius 2 is 1.63 bits per heavy atom. The van der Waals surface area contributed by atoms with E-state index < -0.39 is 0 Å². The van der Waals surface area contributed by atoms with Crippen LogP contribution in [0.2, 0.25) is 0 Å². The molecule has 1 fully saturated rings. The minimum absolute atomic E-state index is 0. The fourth-order valence-electron chi connectivity index (χ4n) is 5.11. The third-order valence-electron chi connectivity index (χ3n) is 7.32. The van der Waals surface area contributed by atoms with E-state index in [9.17, 15) is 9.18 Å². The van der Waals surface area contributed by atoms with Crippen LogP contribution in [0.5, 0.6) is 0 Å². The second kappa shape index (κ2) is 17.1. The highest BCUT2D eigenvalue weighted by atomic mass is 35.5. The number of nitrogens with zero attached hydrogens (tertiary/aromatic N) is 2. The number of halogens is 3. The van der Waals surface area contributed by atoms with E-state index >= 15 is 0 Å². The largest absolute Gasteiger partial charge is 0.356 e. The maximum Gasteiger partial charge on any atom is 0.251 e. The first kappa shape index (κ1) is 34.2. The first-order chi connectivity index (χ1) is 19.0. The Hall–Kier alpha value is -2.97. The molecule has 0 saturated carbocycles. The van der Waals surface area contributed by atoms with Crippen molar-refractivity contribution >= 4 is 41.7 Å². The molecule has 6 nitrogen and oxygen atoms in total. The van der Waals surface area contributed by atoms with Gasteiger partial charge < -0.3 is 15.2 Å². The van der Waals surface area contributed by atoms with E-state index in [1.807, 2.05) is 33.2 Å². The summed E-state index contributed by atoms with van der Waals surface area (Å²) in [5.74, 6) is 0.223. The molecule has 5 rings (SSSR count). The number of rotatable bonds is 8. The van der Waals surface area contributed by atoms with Gasteiger partial charge in [-0.3, -0.25) is 9.69 Å². The van der Waals surface area contributed by atoms with Crippen molar-refractivity contribution in [2.75, 3.05) is 27.2 Å². The normalized spacial score (nSPS) is 13.5. The van der Waals surface area contributed by atoms with Crippen LogP contribution in [0.25, 0.3) is 11.0 Å². The first-order valence-electron chi connectivity index (χ1n) is 13.7. The third-order valence-corrected chi connectivity index (χ3v) is 7.32. The maximum atomic E-state index is 13.1. The zero-order valence-electron chi connectivity index (χ0n) is 24.0. The van der Waals surface area contributed by atoms with Crippen LogP contribution in [-0.2, 0) is 19.5 Å². The average molecular weight is 604 g/mol. The molecule has 0 radical (unpaired) electrons. The van der Waals surface area contributed by atoms with Crippen LogP contribution in [-0.4, -0.2) is 43.1 Å². The summed E-state index contributed by atoms with van der Waals surface area (Å²) in [6.07, 6.45) is 4.39. The molecule has 1 aliphatic heterocycles. The Balaban J connectivity index is 0.00000113. The lowest BCUT2D eigenvalue weighted by Crippen LogP contribution is -2.33. The highest BCUT2D eigenvalue weighted by Gasteiger charge is 2.21. The molecule has 1 saturated heterocycles. The van der Waals surface area contributed by atoms with Gasteiger partial charge in [0.1, 0.15) is 5.82 Å². The second-order valence-electron chi connectivity index (χ2n) is 10.3. The molecule has 3 aromatic carbocycles. The summed E-state index contributed by atoms with van der Waals surface area (Å²) in [5, 5.41) is 11.0. The standard InChI is InChI=1S/C30H32FN3O2.C2H7N.2ClH/c1-21-26(30(35)32-19-23-7-10-25(31)11-8-23)12-13-27-28(33-36-29(21)27)14-9-22-15-17-34(18-16-22)20-24-5-3-2-4-6-24;1-3-2;;/h2-8,10-13,22H,9,14-20H2,1H3,(H,32,35);3H,1-2H3;2*1H. The SMILES string of the molecule is CNC.Cc1c(C(=O)NCc2ccc(F)cc2)ccc2c(CCC3CCN(Cc4ccccc4)CC3)noc12.Cl.Cl. The van der Waals surface area contributed by atoms with E-state index in [0.29, 0.717) is 23.6 Å². The lowest BCUT2D eigenvalue weighted by atomic mass is 9.90. The van der Waals surface area contributed by atoms with Crippen molar-refractivity contribution in [1.82, 2.24) is 20.7 Å². The molecule has 1 aliphatic rings. The van der Waals surface area contributed by atoms with Crippen molar-refractivity contribution in [3.05, 3.63) is 100 Å². The molecular formula is C32H41Cl2FN4O2.